The predicted molar refractivity (Wildman–Crippen MR) is 137 cm³/mol. The van der Waals surface area contributed by atoms with Crippen molar-refractivity contribution in [3.8, 4) is 11.3 Å². The van der Waals surface area contributed by atoms with Gasteiger partial charge in [-0.15, -0.1) is 11.3 Å². The fraction of sp³-hybridized carbons (Fsp3) is 0.333. The molecule has 37 heavy (non-hydrogen) atoms. The molecule has 1 aromatic carbocycles. The second kappa shape index (κ2) is 10.4. The van der Waals surface area contributed by atoms with E-state index in [-0.39, 0.29) is 23.5 Å². The Hall–Kier alpha value is -3.66. The van der Waals surface area contributed by atoms with Gasteiger partial charge in [-0.3, -0.25) is 4.79 Å². The van der Waals surface area contributed by atoms with Gasteiger partial charge in [0.1, 0.15) is 16.3 Å². The van der Waals surface area contributed by atoms with Gasteiger partial charge in [0.15, 0.2) is 5.65 Å². The quantitative estimate of drug-likeness (QED) is 0.285. The molecule has 3 aromatic heterocycles. The summed E-state index contributed by atoms with van der Waals surface area (Å²) in [6.07, 6.45) is 1.99. The fourth-order valence-electron chi connectivity index (χ4n) is 4.74. The van der Waals surface area contributed by atoms with Crippen molar-refractivity contribution >= 4 is 33.9 Å². The smallest absolute Gasteiger partial charge is 0.341 e. The highest BCUT2D eigenvalue weighted by atomic mass is 32.1. The van der Waals surface area contributed by atoms with Crippen LogP contribution >= 0.6 is 11.3 Å². The highest BCUT2D eigenvalue weighted by Gasteiger charge is 2.31. The van der Waals surface area contributed by atoms with Crippen LogP contribution in [0.1, 0.15) is 70.0 Å². The van der Waals surface area contributed by atoms with E-state index in [2.05, 4.69) is 22.3 Å². The van der Waals surface area contributed by atoms with Crippen LogP contribution in [0.25, 0.3) is 16.9 Å². The lowest BCUT2D eigenvalue weighted by Crippen LogP contribution is -2.17. The van der Waals surface area contributed by atoms with Crippen LogP contribution in [-0.4, -0.2) is 33.1 Å². The highest BCUT2D eigenvalue weighted by molar-refractivity contribution is 7.17. The number of halogens is 2. The summed E-state index contributed by atoms with van der Waals surface area (Å²) in [5.74, 6) is -0.531. The highest BCUT2D eigenvalue weighted by Crippen LogP contribution is 2.41. The third-order valence-electron chi connectivity index (χ3n) is 6.69. The summed E-state index contributed by atoms with van der Waals surface area (Å²) in [6, 6.07) is 10.2. The number of amides is 1. The molecule has 10 heteroatoms. The molecule has 1 N–H and O–H groups in total. The number of esters is 1. The normalized spacial score (nSPS) is 15.1. The number of alkyl halides is 2. The maximum Gasteiger partial charge on any atom is 0.341 e. The van der Waals surface area contributed by atoms with Gasteiger partial charge in [0.25, 0.3) is 12.3 Å². The van der Waals surface area contributed by atoms with Crippen LogP contribution in [0.5, 0.6) is 0 Å². The summed E-state index contributed by atoms with van der Waals surface area (Å²) in [7, 11) is 0. The molecule has 5 rings (SSSR count). The zero-order valence-electron chi connectivity index (χ0n) is 20.5. The summed E-state index contributed by atoms with van der Waals surface area (Å²) in [5.41, 5.74) is 1.93. The van der Waals surface area contributed by atoms with E-state index in [1.165, 1.54) is 23.6 Å². The molecular formula is C27H26F2N4O3S. The summed E-state index contributed by atoms with van der Waals surface area (Å²) in [4.78, 5) is 31.9. The molecule has 3 heterocycles. The van der Waals surface area contributed by atoms with Crippen molar-refractivity contribution < 1.29 is 23.1 Å². The van der Waals surface area contributed by atoms with Crippen molar-refractivity contribution in [2.45, 2.75) is 46.0 Å². The van der Waals surface area contributed by atoms with Gasteiger partial charge in [0.05, 0.1) is 24.1 Å². The van der Waals surface area contributed by atoms with Crippen LogP contribution in [0.3, 0.4) is 0 Å². The second-order valence-corrected chi connectivity index (χ2v) is 10.0. The van der Waals surface area contributed by atoms with Crippen molar-refractivity contribution in [1.29, 1.82) is 0 Å². The van der Waals surface area contributed by atoms with E-state index in [4.69, 9.17) is 4.74 Å². The Balaban J connectivity index is 1.56. The number of anilines is 1. The number of thiophene rings is 1. The molecule has 1 aliphatic carbocycles. The molecule has 192 valence electrons. The number of carbonyl (C=O) groups is 2. The third kappa shape index (κ3) is 4.73. The first-order chi connectivity index (χ1) is 17.9. The number of rotatable bonds is 7. The zero-order chi connectivity index (χ0) is 26.1. The van der Waals surface area contributed by atoms with Gasteiger partial charge < -0.3 is 10.1 Å². The van der Waals surface area contributed by atoms with Crippen molar-refractivity contribution in [2.24, 2.45) is 5.92 Å². The summed E-state index contributed by atoms with van der Waals surface area (Å²) in [5, 5.41) is 7.28. The lowest BCUT2D eigenvalue weighted by molar-refractivity contribution is 0.0526. The average molecular weight is 525 g/mol. The predicted octanol–water partition coefficient (Wildman–Crippen LogP) is 6.34. The largest absolute Gasteiger partial charge is 0.462 e. The Morgan fingerprint density at radius 2 is 2.03 bits per heavy atom. The number of benzene rings is 1. The number of fused-ring (bicyclic) bond motifs is 2. The lowest BCUT2D eigenvalue weighted by Gasteiger charge is -2.20. The molecule has 0 bridgehead atoms. The zero-order valence-corrected chi connectivity index (χ0v) is 21.3. The lowest BCUT2D eigenvalue weighted by atomic mass is 9.85. The molecule has 0 saturated carbocycles. The third-order valence-corrected chi connectivity index (χ3v) is 7.86. The maximum atomic E-state index is 13.9. The number of carbonyl (C=O) groups excluding carboxylic acids is 2. The first kappa shape index (κ1) is 25.0. The molecule has 7 nitrogen and oxygen atoms in total. The molecule has 4 aromatic rings. The number of hydrogen-bond donors (Lipinski definition) is 1. The van der Waals surface area contributed by atoms with Gasteiger partial charge >= 0.3 is 5.97 Å². The first-order valence-corrected chi connectivity index (χ1v) is 13.1. The standard InChI is InChI=1S/C27H26F2N4O3S/c1-3-15-10-11-17-21(12-15)37-26(22(17)27(35)36-4-2)32-25(34)18-14-30-33-20(23(28)29)13-19(31-24(18)33)16-8-6-5-7-9-16/h5-9,13-15,23H,3-4,10-12H2,1-2H3,(H,32,34). The molecule has 0 radical (unpaired) electrons. The van der Waals surface area contributed by atoms with Crippen LogP contribution in [0.4, 0.5) is 13.8 Å². The number of nitrogens with one attached hydrogen (secondary N) is 1. The second-order valence-electron chi connectivity index (χ2n) is 8.93. The minimum absolute atomic E-state index is 0.0132. The minimum atomic E-state index is -2.82. The van der Waals surface area contributed by atoms with Crippen LogP contribution in [0, 0.1) is 5.92 Å². The van der Waals surface area contributed by atoms with Gasteiger partial charge in [-0.1, -0.05) is 43.7 Å². The van der Waals surface area contributed by atoms with E-state index < -0.39 is 18.3 Å². The van der Waals surface area contributed by atoms with Gasteiger partial charge in [-0.05, 0) is 43.7 Å². The summed E-state index contributed by atoms with van der Waals surface area (Å²) >= 11 is 1.37. The maximum absolute atomic E-state index is 13.9. The first-order valence-electron chi connectivity index (χ1n) is 12.3. The number of nitrogens with zero attached hydrogens (tertiary/aromatic N) is 3. The van der Waals surface area contributed by atoms with Crippen LogP contribution in [-0.2, 0) is 17.6 Å². The van der Waals surface area contributed by atoms with E-state index in [0.717, 1.165) is 40.6 Å². The van der Waals surface area contributed by atoms with Crippen molar-refractivity contribution in [3.63, 3.8) is 0 Å². The van der Waals surface area contributed by atoms with Gasteiger partial charge in [-0.25, -0.2) is 23.1 Å². The van der Waals surface area contributed by atoms with Crippen molar-refractivity contribution in [1.82, 2.24) is 14.6 Å². The molecule has 1 unspecified atom stereocenters. The number of ether oxygens (including phenoxy) is 1. The van der Waals surface area contributed by atoms with Crippen LogP contribution in [0.15, 0.2) is 42.6 Å². The molecule has 0 spiro atoms. The van der Waals surface area contributed by atoms with Crippen LogP contribution in [0.2, 0.25) is 0 Å². The molecular weight excluding hydrogens is 498 g/mol. The molecule has 0 fully saturated rings. The fourth-order valence-corrected chi connectivity index (χ4v) is 6.08. The summed E-state index contributed by atoms with van der Waals surface area (Å²) < 4.78 is 34.1. The Bertz CT molecular complexity index is 1470. The average Bonchev–Trinajstić information content (AvgIpc) is 3.49. The van der Waals surface area contributed by atoms with Gasteiger partial charge in [-0.2, -0.15) is 5.10 Å². The van der Waals surface area contributed by atoms with Crippen molar-refractivity contribution in [3.05, 3.63) is 69.9 Å². The van der Waals surface area contributed by atoms with E-state index in [1.807, 2.05) is 6.07 Å². The Kier molecular flexibility index (Phi) is 7.01. The number of aromatic nitrogens is 3. The van der Waals surface area contributed by atoms with Gasteiger partial charge in [0.2, 0.25) is 0 Å². The van der Waals surface area contributed by atoms with E-state index in [1.54, 1.807) is 31.2 Å². The topological polar surface area (TPSA) is 85.6 Å². The monoisotopic (exact) mass is 524 g/mol. The molecule has 0 aliphatic heterocycles. The summed E-state index contributed by atoms with van der Waals surface area (Å²) in [6.45, 7) is 4.09. The Morgan fingerprint density at radius 3 is 2.73 bits per heavy atom. The Labute approximate surface area is 216 Å². The van der Waals surface area contributed by atoms with Gasteiger partial charge in [0, 0.05) is 10.4 Å². The number of hydrogen-bond acceptors (Lipinski definition) is 6. The SMILES string of the molecule is CCOC(=O)c1c(NC(=O)c2cnn3c(C(F)F)cc(-c4ccccc4)nc23)sc2c1CCC(CC)C2. The van der Waals surface area contributed by atoms with E-state index >= 15 is 0 Å². The minimum Gasteiger partial charge on any atom is -0.462 e. The molecule has 1 aliphatic rings. The van der Waals surface area contributed by atoms with Crippen LogP contribution < -0.4 is 5.32 Å². The Morgan fingerprint density at radius 1 is 1.24 bits per heavy atom. The van der Waals surface area contributed by atoms with Crippen molar-refractivity contribution in [2.75, 3.05) is 11.9 Å². The van der Waals surface area contributed by atoms with E-state index in [0.29, 0.717) is 27.7 Å². The van der Waals surface area contributed by atoms with E-state index in [9.17, 15) is 18.4 Å². The molecule has 1 amide bonds. The molecule has 0 saturated heterocycles. The molecule has 1 atom stereocenters.